The summed E-state index contributed by atoms with van der Waals surface area (Å²) >= 11 is 0. The molecule has 0 aliphatic heterocycles. The van der Waals surface area contributed by atoms with Crippen molar-refractivity contribution in [2.75, 3.05) is 33.4 Å². The van der Waals surface area contributed by atoms with Gasteiger partial charge < -0.3 is 20.5 Å². The molecule has 0 heterocycles. The Balaban J connectivity index is 2.01. The molecule has 3 N–H and O–H groups in total. The summed E-state index contributed by atoms with van der Waals surface area (Å²) in [7, 11) is 1.64. The zero-order valence-electron chi connectivity index (χ0n) is 12.2. The number of carbonyl (C=O) groups excluding carboxylic acids is 1. The molecule has 0 aromatic heterocycles. The molecular formula is C14H26N2O4. The molecule has 1 aliphatic rings. The highest BCUT2D eigenvalue weighted by atomic mass is 16.5. The maximum atomic E-state index is 11.5. The highest BCUT2D eigenvalue weighted by molar-refractivity contribution is 5.77. The Kier molecular flexibility index (Phi) is 8.22. The van der Waals surface area contributed by atoms with E-state index in [1.165, 1.54) is 0 Å². The average molecular weight is 286 g/mol. The van der Waals surface area contributed by atoms with Gasteiger partial charge in [0.05, 0.1) is 12.5 Å². The molecule has 1 fully saturated rings. The number of carboxylic acid groups (broad SMARTS) is 1. The van der Waals surface area contributed by atoms with Crippen LogP contribution in [-0.2, 0) is 14.3 Å². The molecule has 0 saturated heterocycles. The summed E-state index contributed by atoms with van der Waals surface area (Å²) in [5.41, 5.74) is 0. The van der Waals surface area contributed by atoms with Crippen LogP contribution in [0, 0.1) is 11.8 Å². The van der Waals surface area contributed by atoms with E-state index in [0.717, 1.165) is 38.6 Å². The molecule has 0 atom stereocenters. The average Bonchev–Trinajstić information content (AvgIpc) is 2.44. The second-order valence-corrected chi connectivity index (χ2v) is 5.38. The SMILES string of the molecule is COCCCNC(=O)CNCC1CCC(C(=O)O)CC1. The van der Waals surface area contributed by atoms with Gasteiger partial charge in [0, 0.05) is 20.3 Å². The van der Waals surface area contributed by atoms with Crippen molar-refractivity contribution in [3.8, 4) is 0 Å². The lowest BCUT2D eigenvalue weighted by molar-refractivity contribution is -0.143. The second-order valence-electron chi connectivity index (χ2n) is 5.38. The van der Waals surface area contributed by atoms with Crippen LogP contribution in [0.3, 0.4) is 0 Å². The summed E-state index contributed by atoms with van der Waals surface area (Å²) < 4.78 is 4.90. The molecule has 6 nitrogen and oxygen atoms in total. The lowest BCUT2D eigenvalue weighted by Gasteiger charge is -2.26. The van der Waals surface area contributed by atoms with Crippen LogP contribution in [0.1, 0.15) is 32.1 Å². The fourth-order valence-corrected chi connectivity index (χ4v) is 2.51. The maximum Gasteiger partial charge on any atom is 0.306 e. The summed E-state index contributed by atoms with van der Waals surface area (Å²) in [5, 5.41) is 14.9. The first-order valence-electron chi connectivity index (χ1n) is 7.32. The van der Waals surface area contributed by atoms with Gasteiger partial charge in [-0.1, -0.05) is 0 Å². The van der Waals surface area contributed by atoms with E-state index in [9.17, 15) is 9.59 Å². The molecule has 1 saturated carbocycles. The van der Waals surface area contributed by atoms with Crippen molar-refractivity contribution in [1.29, 1.82) is 0 Å². The summed E-state index contributed by atoms with van der Waals surface area (Å²) in [4.78, 5) is 22.3. The molecule has 1 amide bonds. The normalized spacial score (nSPS) is 22.4. The first-order valence-corrected chi connectivity index (χ1v) is 7.32. The van der Waals surface area contributed by atoms with E-state index < -0.39 is 5.97 Å². The Bertz CT molecular complexity index is 302. The van der Waals surface area contributed by atoms with E-state index >= 15 is 0 Å². The summed E-state index contributed by atoms with van der Waals surface area (Å²) in [5.74, 6) is -0.352. The Hall–Kier alpha value is -1.14. The molecule has 20 heavy (non-hydrogen) atoms. The molecule has 0 unspecified atom stereocenters. The van der Waals surface area contributed by atoms with E-state index in [2.05, 4.69) is 10.6 Å². The van der Waals surface area contributed by atoms with Gasteiger partial charge in [-0.3, -0.25) is 9.59 Å². The molecule has 0 bridgehead atoms. The Morgan fingerprint density at radius 1 is 1.25 bits per heavy atom. The molecule has 6 heteroatoms. The number of carbonyl (C=O) groups is 2. The first kappa shape index (κ1) is 16.9. The van der Waals surface area contributed by atoms with E-state index in [4.69, 9.17) is 9.84 Å². The molecule has 0 spiro atoms. The number of rotatable bonds is 9. The van der Waals surface area contributed by atoms with E-state index in [0.29, 0.717) is 25.6 Å². The number of ether oxygens (including phenoxy) is 1. The standard InChI is InChI=1S/C14H26N2O4/c1-20-8-2-7-16-13(17)10-15-9-11-3-5-12(6-4-11)14(18)19/h11-12,15H,2-10H2,1H3,(H,16,17)(H,18,19). The molecule has 116 valence electrons. The van der Waals surface area contributed by atoms with Gasteiger partial charge in [-0.15, -0.1) is 0 Å². The van der Waals surface area contributed by atoms with Gasteiger partial charge in [0.15, 0.2) is 0 Å². The third-order valence-electron chi connectivity index (χ3n) is 3.76. The van der Waals surface area contributed by atoms with Crippen LogP contribution in [-0.4, -0.2) is 50.3 Å². The Labute approximate surface area is 120 Å². The lowest BCUT2D eigenvalue weighted by atomic mass is 9.82. The zero-order valence-corrected chi connectivity index (χ0v) is 12.2. The lowest BCUT2D eigenvalue weighted by Crippen LogP contribution is -2.37. The van der Waals surface area contributed by atoms with Gasteiger partial charge in [0.25, 0.3) is 0 Å². The highest BCUT2D eigenvalue weighted by Gasteiger charge is 2.25. The highest BCUT2D eigenvalue weighted by Crippen LogP contribution is 2.28. The second kappa shape index (κ2) is 9.72. The summed E-state index contributed by atoms with van der Waals surface area (Å²) in [6, 6.07) is 0. The van der Waals surface area contributed by atoms with Crippen molar-refractivity contribution in [2.24, 2.45) is 11.8 Å². The Morgan fingerprint density at radius 2 is 1.95 bits per heavy atom. The maximum absolute atomic E-state index is 11.5. The molecule has 1 rings (SSSR count). The molecule has 0 aromatic carbocycles. The number of amides is 1. The third kappa shape index (κ3) is 6.86. The van der Waals surface area contributed by atoms with Gasteiger partial charge in [0.2, 0.25) is 5.91 Å². The predicted octanol–water partition coefficient (Wildman–Crippen LogP) is 0.620. The number of nitrogens with one attached hydrogen (secondary N) is 2. The van der Waals surface area contributed by atoms with Crippen molar-refractivity contribution >= 4 is 11.9 Å². The summed E-state index contributed by atoms with van der Waals surface area (Å²) in [6.07, 6.45) is 4.19. The molecule has 0 radical (unpaired) electrons. The number of carboxylic acids is 1. The van der Waals surface area contributed by atoms with Gasteiger partial charge >= 0.3 is 5.97 Å². The van der Waals surface area contributed by atoms with Crippen molar-refractivity contribution < 1.29 is 19.4 Å². The topological polar surface area (TPSA) is 87.7 Å². The molecule has 0 aromatic rings. The smallest absolute Gasteiger partial charge is 0.306 e. The fourth-order valence-electron chi connectivity index (χ4n) is 2.51. The zero-order chi connectivity index (χ0) is 14.8. The molecular weight excluding hydrogens is 260 g/mol. The van der Waals surface area contributed by atoms with Gasteiger partial charge in [0.1, 0.15) is 0 Å². The number of aliphatic carboxylic acids is 1. The van der Waals surface area contributed by atoms with Crippen LogP contribution in [0.25, 0.3) is 0 Å². The van der Waals surface area contributed by atoms with Crippen LogP contribution in [0.15, 0.2) is 0 Å². The quantitative estimate of drug-likeness (QED) is 0.541. The fraction of sp³-hybridized carbons (Fsp3) is 0.857. The van der Waals surface area contributed by atoms with Crippen LogP contribution in [0.5, 0.6) is 0 Å². The van der Waals surface area contributed by atoms with Crippen LogP contribution in [0.4, 0.5) is 0 Å². The minimum atomic E-state index is -0.674. The van der Waals surface area contributed by atoms with Crippen molar-refractivity contribution in [2.45, 2.75) is 32.1 Å². The van der Waals surface area contributed by atoms with Crippen molar-refractivity contribution in [3.63, 3.8) is 0 Å². The third-order valence-corrected chi connectivity index (χ3v) is 3.76. The van der Waals surface area contributed by atoms with Crippen molar-refractivity contribution in [1.82, 2.24) is 10.6 Å². The van der Waals surface area contributed by atoms with E-state index in [1.54, 1.807) is 7.11 Å². The van der Waals surface area contributed by atoms with Crippen LogP contribution < -0.4 is 10.6 Å². The van der Waals surface area contributed by atoms with Crippen LogP contribution >= 0.6 is 0 Å². The van der Waals surface area contributed by atoms with Crippen molar-refractivity contribution in [3.05, 3.63) is 0 Å². The van der Waals surface area contributed by atoms with Crippen LogP contribution in [0.2, 0.25) is 0 Å². The van der Waals surface area contributed by atoms with E-state index in [-0.39, 0.29) is 11.8 Å². The molecule has 1 aliphatic carbocycles. The minimum Gasteiger partial charge on any atom is -0.481 e. The first-order chi connectivity index (χ1) is 9.63. The number of methoxy groups -OCH3 is 1. The predicted molar refractivity (Wildman–Crippen MR) is 75.5 cm³/mol. The van der Waals surface area contributed by atoms with Gasteiger partial charge in [-0.05, 0) is 44.6 Å². The largest absolute Gasteiger partial charge is 0.481 e. The van der Waals surface area contributed by atoms with Gasteiger partial charge in [-0.2, -0.15) is 0 Å². The van der Waals surface area contributed by atoms with Gasteiger partial charge in [-0.25, -0.2) is 0 Å². The van der Waals surface area contributed by atoms with E-state index in [1.807, 2.05) is 0 Å². The Morgan fingerprint density at radius 3 is 2.55 bits per heavy atom. The minimum absolute atomic E-state index is 0.000301. The number of hydrogen-bond acceptors (Lipinski definition) is 4. The number of hydrogen-bond donors (Lipinski definition) is 3. The summed E-state index contributed by atoms with van der Waals surface area (Å²) in [6.45, 7) is 2.41. The monoisotopic (exact) mass is 286 g/mol.